The summed E-state index contributed by atoms with van der Waals surface area (Å²) in [6.45, 7) is 1.79. The number of rotatable bonds is 4. The van der Waals surface area contributed by atoms with Gasteiger partial charge in [0.1, 0.15) is 12.9 Å². The molecule has 0 N–H and O–H groups in total. The third kappa shape index (κ3) is 2.73. The molecule has 1 aromatic rings. The number of carbonyl (C=O) groups excluding carboxylic acids is 1. The second-order valence-corrected chi connectivity index (χ2v) is 7.34. The Morgan fingerprint density at radius 2 is 2.11 bits per heavy atom. The van der Waals surface area contributed by atoms with Crippen molar-refractivity contribution in [2.24, 2.45) is 27.9 Å². The van der Waals surface area contributed by atoms with Crippen LogP contribution in [0.4, 0.5) is 0 Å². The highest BCUT2D eigenvalue weighted by Gasteiger charge is 2.64. The topological polar surface area (TPSA) is 69.5 Å². The minimum absolute atomic E-state index is 0.0191. The van der Waals surface area contributed by atoms with Gasteiger partial charge in [-0.1, -0.05) is 17.1 Å². The second kappa shape index (κ2) is 7.40. The van der Waals surface area contributed by atoms with E-state index >= 15 is 0 Å². The fraction of sp³-hybridized carbons (Fsp3) is 0.500. The minimum Gasteiger partial charge on any atom is -0.496 e. The fourth-order valence-corrected chi connectivity index (χ4v) is 5.07. The molecule has 146 valence electrons. The van der Waals surface area contributed by atoms with Crippen molar-refractivity contribution in [3.8, 4) is 17.6 Å². The van der Waals surface area contributed by atoms with Crippen LogP contribution in [0.15, 0.2) is 28.3 Å². The molecule has 0 radical (unpaired) electrons. The molecule has 2 heterocycles. The maximum absolute atomic E-state index is 13.4. The smallest absolute Gasteiger partial charge is 0.152 e. The zero-order chi connectivity index (χ0) is 19.8. The molecule has 3 fully saturated rings. The van der Waals surface area contributed by atoms with Crippen LogP contribution in [-0.2, 0) is 14.4 Å². The van der Waals surface area contributed by atoms with Crippen molar-refractivity contribution in [3.05, 3.63) is 29.3 Å². The van der Waals surface area contributed by atoms with E-state index < -0.39 is 5.92 Å². The molecule has 0 spiro atoms. The molecule has 3 aliphatic rings. The fourth-order valence-electron chi connectivity index (χ4n) is 5.07. The predicted molar refractivity (Wildman–Crippen MR) is 106 cm³/mol. The number of hydrogen-bond donors (Lipinski definition) is 0. The standard InChI is InChI=1S/C22H24N2O4/c1-5-6-12-7-8-14(15(9-12)26-3)17-20(23-2)19-18(21(17)25)16-10-13(11-24-27-4)22(19)28-16/h7-9,11,13,16-19,22H,10H2,1-4H3/b23-20?,24-11+/t13?,16?,17?,18-,19+,22?/m0/s1. The van der Waals surface area contributed by atoms with Crippen molar-refractivity contribution in [1.29, 1.82) is 0 Å². The van der Waals surface area contributed by atoms with E-state index in [4.69, 9.17) is 14.3 Å². The first-order chi connectivity index (χ1) is 13.6. The quantitative estimate of drug-likeness (QED) is 0.457. The molecule has 2 saturated heterocycles. The Labute approximate surface area is 164 Å². The van der Waals surface area contributed by atoms with Gasteiger partial charge in [-0.3, -0.25) is 9.79 Å². The molecule has 0 aromatic heterocycles. The molecule has 6 atom stereocenters. The van der Waals surface area contributed by atoms with Crippen LogP contribution < -0.4 is 4.74 Å². The lowest BCUT2D eigenvalue weighted by Gasteiger charge is -2.24. The van der Waals surface area contributed by atoms with Gasteiger partial charge in [-0.25, -0.2) is 0 Å². The zero-order valence-electron chi connectivity index (χ0n) is 16.5. The lowest BCUT2D eigenvalue weighted by Crippen LogP contribution is -2.35. The maximum atomic E-state index is 13.4. The van der Waals surface area contributed by atoms with Crippen LogP contribution in [0.25, 0.3) is 0 Å². The summed E-state index contributed by atoms with van der Waals surface area (Å²) in [4.78, 5) is 22.8. The van der Waals surface area contributed by atoms with E-state index in [0.717, 1.165) is 23.3 Å². The van der Waals surface area contributed by atoms with Gasteiger partial charge >= 0.3 is 0 Å². The Balaban J connectivity index is 1.72. The lowest BCUT2D eigenvalue weighted by atomic mass is 9.75. The van der Waals surface area contributed by atoms with E-state index in [2.05, 4.69) is 22.0 Å². The van der Waals surface area contributed by atoms with Gasteiger partial charge in [-0.05, 0) is 25.5 Å². The predicted octanol–water partition coefficient (Wildman–Crippen LogP) is 2.46. The van der Waals surface area contributed by atoms with E-state index in [-0.39, 0.29) is 35.7 Å². The van der Waals surface area contributed by atoms with Gasteiger partial charge in [0.2, 0.25) is 0 Å². The number of oxime groups is 1. The highest BCUT2D eigenvalue weighted by molar-refractivity contribution is 6.19. The molecule has 6 heteroatoms. The molecule has 6 nitrogen and oxygen atoms in total. The summed E-state index contributed by atoms with van der Waals surface area (Å²) in [5.74, 6) is 6.34. The summed E-state index contributed by atoms with van der Waals surface area (Å²) in [6, 6.07) is 5.77. The minimum atomic E-state index is -0.398. The first kappa shape index (κ1) is 18.7. The third-order valence-corrected chi connectivity index (χ3v) is 6.08. The molecular formula is C22H24N2O4. The van der Waals surface area contributed by atoms with Crippen molar-refractivity contribution in [1.82, 2.24) is 0 Å². The Bertz CT molecular complexity index is 911. The van der Waals surface area contributed by atoms with E-state index in [1.807, 2.05) is 18.2 Å². The summed E-state index contributed by atoms with van der Waals surface area (Å²) >= 11 is 0. The molecular weight excluding hydrogens is 356 g/mol. The molecule has 28 heavy (non-hydrogen) atoms. The Morgan fingerprint density at radius 1 is 1.29 bits per heavy atom. The van der Waals surface area contributed by atoms with Gasteiger partial charge in [0.05, 0.1) is 31.2 Å². The summed E-state index contributed by atoms with van der Waals surface area (Å²) < 4.78 is 11.8. The van der Waals surface area contributed by atoms with Crippen LogP contribution in [0, 0.1) is 29.6 Å². The first-order valence-electron chi connectivity index (χ1n) is 9.47. The average molecular weight is 380 g/mol. The highest BCUT2D eigenvalue weighted by atomic mass is 16.6. The molecule has 2 aliphatic heterocycles. The van der Waals surface area contributed by atoms with Crippen molar-refractivity contribution in [2.75, 3.05) is 21.3 Å². The van der Waals surface area contributed by atoms with Crippen molar-refractivity contribution >= 4 is 17.7 Å². The number of aliphatic imine (C=N–C) groups is 1. The largest absolute Gasteiger partial charge is 0.496 e. The highest BCUT2D eigenvalue weighted by Crippen LogP contribution is 2.55. The SMILES string of the molecule is CC#Cc1ccc(C2C(=O)[C@H]3C4CC(/C=N/OC)C(O4)[C@H]3C2=NC)c(OC)c1. The van der Waals surface area contributed by atoms with Crippen molar-refractivity contribution in [2.45, 2.75) is 31.5 Å². The molecule has 0 amide bonds. The molecule has 2 bridgehead atoms. The number of benzene rings is 1. The van der Waals surface area contributed by atoms with Crippen LogP contribution >= 0.6 is 0 Å². The van der Waals surface area contributed by atoms with E-state index in [0.29, 0.717) is 5.75 Å². The molecule has 1 saturated carbocycles. The first-order valence-corrected chi connectivity index (χ1v) is 9.47. The van der Waals surface area contributed by atoms with Crippen molar-refractivity contribution in [3.63, 3.8) is 0 Å². The van der Waals surface area contributed by atoms with Gasteiger partial charge in [-0.15, -0.1) is 5.92 Å². The monoisotopic (exact) mass is 380 g/mol. The lowest BCUT2D eigenvalue weighted by molar-refractivity contribution is -0.123. The Morgan fingerprint density at radius 3 is 2.79 bits per heavy atom. The number of methoxy groups -OCH3 is 1. The summed E-state index contributed by atoms with van der Waals surface area (Å²) in [5, 5.41) is 3.93. The Kier molecular flexibility index (Phi) is 4.94. The van der Waals surface area contributed by atoms with Crippen LogP contribution in [0.2, 0.25) is 0 Å². The van der Waals surface area contributed by atoms with Gasteiger partial charge < -0.3 is 14.3 Å². The van der Waals surface area contributed by atoms with Gasteiger partial charge in [0.15, 0.2) is 5.78 Å². The Hall–Kier alpha value is -2.65. The summed E-state index contributed by atoms with van der Waals surface area (Å²) in [7, 11) is 4.90. The normalized spacial score (nSPS) is 34.6. The number of Topliss-reactive ketones (excluding diaryl/α,β-unsaturated/α-hetero) is 1. The number of hydrogen-bond acceptors (Lipinski definition) is 6. The van der Waals surface area contributed by atoms with Crippen LogP contribution in [0.3, 0.4) is 0 Å². The second-order valence-electron chi connectivity index (χ2n) is 7.34. The summed E-state index contributed by atoms with van der Waals surface area (Å²) in [5.41, 5.74) is 2.60. The average Bonchev–Trinajstić information content (AvgIpc) is 3.36. The number of carbonyl (C=O) groups is 1. The number of ether oxygens (including phenoxy) is 2. The number of ketones is 1. The zero-order valence-corrected chi connectivity index (χ0v) is 16.5. The maximum Gasteiger partial charge on any atom is 0.152 e. The van der Waals surface area contributed by atoms with Crippen LogP contribution in [-0.4, -0.2) is 51.2 Å². The molecule has 1 aliphatic carbocycles. The van der Waals surface area contributed by atoms with Gasteiger partial charge in [-0.2, -0.15) is 0 Å². The third-order valence-electron chi connectivity index (χ3n) is 6.08. The van der Waals surface area contributed by atoms with E-state index in [1.165, 1.54) is 7.11 Å². The summed E-state index contributed by atoms with van der Waals surface area (Å²) in [6.07, 6.45) is 2.41. The van der Waals surface area contributed by atoms with Crippen molar-refractivity contribution < 1.29 is 19.1 Å². The van der Waals surface area contributed by atoms with E-state index in [1.54, 1.807) is 27.3 Å². The molecule has 1 aromatic carbocycles. The van der Waals surface area contributed by atoms with E-state index in [9.17, 15) is 4.79 Å². The van der Waals surface area contributed by atoms with Gasteiger partial charge in [0.25, 0.3) is 0 Å². The molecule has 4 unspecified atom stereocenters. The number of nitrogens with zero attached hydrogens (tertiary/aromatic N) is 2. The molecule has 4 rings (SSSR count). The number of fused-ring (bicyclic) bond motifs is 5. The van der Waals surface area contributed by atoms with Crippen LogP contribution in [0.1, 0.15) is 30.4 Å². The van der Waals surface area contributed by atoms with Gasteiger partial charge in [0, 0.05) is 41.9 Å². The van der Waals surface area contributed by atoms with Crippen LogP contribution in [0.5, 0.6) is 5.75 Å².